The van der Waals surface area contributed by atoms with Crippen molar-refractivity contribution in [1.82, 2.24) is 0 Å². The molecule has 0 spiro atoms. The van der Waals surface area contributed by atoms with Gasteiger partial charge in [0.25, 0.3) is 0 Å². The summed E-state index contributed by atoms with van der Waals surface area (Å²) in [4.78, 5) is 0. The van der Waals surface area contributed by atoms with Crippen molar-refractivity contribution in [2.75, 3.05) is 0 Å². The van der Waals surface area contributed by atoms with Crippen LogP contribution in [-0.2, 0) is 0 Å². The van der Waals surface area contributed by atoms with E-state index in [2.05, 4.69) is 15.9 Å². The third kappa shape index (κ3) is 3.32. The second-order valence-electron chi connectivity index (χ2n) is 2.66. The molecule has 0 fully saturated rings. The smallest absolute Gasteiger partial charge is 0.316 e. The molecule has 2 N–H and O–H groups in total. The molecule has 0 saturated heterocycles. The van der Waals surface area contributed by atoms with Gasteiger partial charge in [0.1, 0.15) is 11.9 Å². The van der Waals surface area contributed by atoms with Crippen LogP contribution in [0.5, 0.6) is 0 Å². The molecule has 0 aromatic heterocycles. The molecule has 0 unspecified atom stereocenters. The number of benzene rings is 1. The lowest BCUT2D eigenvalue weighted by molar-refractivity contribution is -0.149. The Hall–Kier alpha value is -0.330. The van der Waals surface area contributed by atoms with Crippen LogP contribution in [0.2, 0.25) is 0 Å². The van der Waals surface area contributed by atoms with Crippen molar-refractivity contribution in [3.63, 3.8) is 0 Å². The maximum atomic E-state index is 13.2. The van der Waals surface area contributed by atoms with Crippen LogP contribution in [0.25, 0.3) is 0 Å². The van der Waals surface area contributed by atoms with E-state index in [0.29, 0.717) is 0 Å². The Morgan fingerprint density at radius 3 is 2.27 bits per heavy atom. The SMILES string of the molecule is Cl.N[C@H](c1cccc(Br)c1F)C(F)(F)F. The number of hydrogen-bond acceptors (Lipinski definition) is 1. The highest BCUT2D eigenvalue weighted by atomic mass is 79.9. The highest BCUT2D eigenvalue weighted by Crippen LogP contribution is 2.33. The van der Waals surface area contributed by atoms with Gasteiger partial charge in [-0.1, -0.05) is 12.1 Å². The number of halogens is 6. The average Bonchev–Trinajstić information content (AvgIpc) is 2.07. The highest BCUT2D eigenvalue weighted by molar-refractivity contribution is 9.10. The molecular weight excluding hydrogens is 301 g/mol. The van der Waals surface area contributed by atoms with Gasteiger partial charge >= 0.3 is 6.18 Å². The zero-order valence-corrected chi connectivity index (χ0v) is 9.59. The molecule has 1 aromatic rings. The predicted octanol–water partition coefficient (Wildman–Crippen LogP) is 3.57. The molecule has 0 bridgehead atoms. The second kappa shape index (κ2) is 5.14. The van der Waals surface area contributed by atoms with E-state index >= 15 is 0 Å². The van der Waals surface area contributed by atoms with Crippen LogP contribution in [0.1, 0.15) is 11.6 Å². The van der Waals surface area contributed by atoms with Crippen LogP contribution in [0, 0.1) is 5.82 Å². The Balaban J connectivity index is 0.00000196. The van der Waals surface area contributed by atoms with E-state index in [1.807, 2.05) is 0 Å². The summed E-state index contributed by atoms with van der Waals surface area (Å²) in [6.07, 6.45) is -4.64. The van der Waals surface area contributed by atoms with Gasteiger partial charge in [-0.15, -0.1) is 12.4 Å². The van der Waals surface area contributed by atoms with E-state index < -0.39 is 23.6 Å². The van der Waals surface area contributed by atoms with Gasteiger partial charge in [0.15, 0.2) is 0 Å². The first-order chi connectivity index (χ1) is 6.34. The Kier molecular flexibility index (Phi) is 5.02. The Morgan fingerprint density at radius 2 is 1.80 bits per heavy atom. The van der Waals surface area contributed by atoms with Gasteiger partial charge in [-0.25, -0.2) is 4.39 Å². The van der Waals surface area contributed by atoms with Crippen molar-refractivity contribution in [1.29, 1.82) is 0 Å². The lowest BCUT2D eigenvalue weighted by Gasteiger charge is -2.16. The molecule has 1 aromatic carbocycles. The molecule has 0 saturated carbocycles. The standard InChI is InChI=1S/C8H6BrF4N.ClH/c9-5-3-1-2-4(6(5)10)7(14)8(11,12)13;/h1-3,7H,14H2;1H/t7-;/m1./s1. The first-order valence-electron chi connectivity index (χ1n) is 3.60. The molecule has 1 atom stereocenters. The molecule has 0 aliphatic heterocycles. The van der Waals surface area contributed by atoms with Gasteiger partial charge in [0.05, 0.1) is 4.47 Å². The Bertz CT molecular complexity index is 342. The van der Waals surface area contributed by atoms with Crippen LogP contribution < -0.4 is 5.73 Å². The molecule has 0 radical (unpaired) electrons. The van der Waals surface area contributed by atoms with Crippen LogP contribution in [0.3, 0.4) is 0 Å². The van der Waals surface area contributed by atoms with Crippen molar-refractivity contribution in [2.45, 2.75) is 12.2 Å². The summed E-state index contributed by atoms with van der Waals surface area (Å²) >= 11 is 2.78. The third-order valence-electron chi connectivity index (χ3n) is 1.67. The molecule has 0 aliphatic carbocycles. The van der Waals surface area contributed by atoms with E-state index in [0.717, 1.165) is 6.07 Å². The Morgan fingerprint density at radius 1 is 1.27 bits per heavy atom. The summed E-state index contributed by atoms with van der Waals surface area (Å²) in [6.45, 7) is 0. The van der Waals surface area contributed by atoms with Crippen molar-refractivity contribution in [3.05, 3.63) is 34.1 Å². The molecule has 0 heterocycles. The largest absolute Gasteiger partial charge is 0.407 e. The summed E-state index contributed by atoms with van der Waals surface area (Å²) in [7, 11) is 0. The van der Waals surface area contributed by atoms with E-state index in [-0.39, 0.29) is 16.9 Å². The number of hydrogen-bond donors (Lipinski definition) is 1. The average molecular weight is 308 g/mol. The molecule has 1 rings (SSSR count). The van der Waals surface area contributed by atoms with Gasteiger partial charge in [0, 0.05) is 5.56 Å². The molecule has 1 nitrogen and oxygen atoms in total. The van der Waals surface area contributed by atoms with Crippen LogP contribution in [0.15, 0.2) is 22.7 Å². The molecular formula is C8H7BrClF4N. The van der Waals surface area contributed by atoms with Gasteiger partial charge in [-0.05, 0) is 22.0 Å². The molecule has 86 valence electrons. The van der Waals surface area contributed by atoms with Crippen LogP contribution in [0.4, 0.5) is 17.6 Å². The van der Waals surface area contributed by atoms with Gasteiger partial charge in [-0.3, -0.25) is 0 Å². The van der Waals surface area contributed by atoms with Crippen LogP contribution in [-0.4, -0.2) is 6.18 Å². The van der Waals surface area contributed by atoms with Crippen molar-refractivity contribution < 1.29 is 17.6 Å². The summed E-state index contributed by atoms with van der Waals surface area (Å²) in [5.41, 5.74) is 4.29. The second-order valence-corrected chi connectivity index (χ2v) is 3.52. The molecule has 15 heavy (non-hydrogen) atoms. The van der Waals surface area contributed by atoms with E-state index in [9.17, 15) is 17.6 Å². The van der Waals surface area contributed by atoms with Crippen molar-refractivity contribution in [2.24, 2.45) is 5.73 Å². The minimum absolute atomic E-state index is 0. The van der Waals surface area contributed by atoms with Gasteiger partial charge < -0.3 is 5.73 Å². The summed E-state index contributed by atoms with van der Waals surface area (Å²) in [6, 6.07) is 1.33. The van der Waals surface area contributed by atoms with Crippen molar-refractivity contribution >= 4 is 28.3 Å². The minimum atomic E-state index is -4.64. The summed E-state index contributed by atoms with van der Waals surface area (Å²) in [5.74, 6) is -0.975. The first-order valence-corrected chi connectivity index (χ1v) is 4.39. The topological polar surface area (TPSA) is 26.0 Å². The molecule has 0 amide bonds. The maximum absolute atomic E-state index is 13.2. The quantitative estimate of drug-likeness (QED) is 0.789. The Labute approximate surface area is 98.2 Å². The van der Waals surface area contributed by atoms with E-state index in [1.54, 1.807) is 0 Å². The van der Waals surface area contributed by atoms with E-state index in [4.69, 9.17) is 5.73 Å². The monoisotopic (exact) mass is 307 g/mol. The maximum Gasteiger partial charge on any atom is 0.407 e. The fourth-order valence-electron chi connectivity index (χ4n) is 0.937. The fraction of sp³-hybridized carbons (Fsp3) is 0.250. The third-order valence-corrected chi connectivity index (χ3v) is 2.28. The number of rotatable bonds is 1. The fourth-order valence-corrected chi connectivity index (χ4v) is 1.32. The zero-order valence-electron chi connectivity index (χ0n) is 7.18. The lowest BCUT2D eigenvalue weighted by Crippen LogP contribution is -2.29. The first kappa shape index (κ1) is 14.7. The van der Waals surface area contributed by atoms with Crippen LogP contribution >= 0.6 is 28.3 Å². The predicted molar refractivity (Wildman–Crippen MR) is 54.3 cm³/mol. The lowest BCUT2D eigenvalue weighted by atomic mass is 10.1. The zero-order chi connectivity index (χ0) is 10.9. The normalized spacial score (nSPS) is 13.2. The molecule has 7 heteroatoms. The highest BCUT2D eigenvalue weighted by Gasteiger charge is 2.39. The number of nitrogens with two attached hydrogens (primary N) is 1. The summed E-state index contributed by atoms with van der Waals surface area (Å²) < 4.78 is 49.5. The van der Waals surface area contributed by atoms with E-state index in [1.165, 1.54) is 12.1 Å². The van der Waals surface area contributed by atoms with Gasteiger partial charge in [-0.2, -0.15) is 13.2 Å². The van der Waals surface area contributed by atoms with Crippen molar-refractivity contribution in [3.8, 4) is 0 Å². The summed E-state index contributed by atoms with van der Waals surface area (Å²) in [5, 5.41) is 0. The van der Waals surface area contributed by atoms with Gasteiger partial charge in [0.2, 0.25) is 0 Å². The molecule has 0 aliphatic rings. The minimum Gasteiger partial charge on any atom is -0.316 e. The number of alkyl halides is 3.